The van der Waals surface area contributed by atoms with Gasteiger partial charge in [-0.15, -0.1) is 0 Å². The van der Waals surface area contributed by atoms with Crippen LogP contribution in [-0.2, 0) is 4.79 Å². The summed E-state index contributed by atoms with van der Waals surface area (Å²) in [5.41, 5.74) is 3.20. The summed E-state index contributed by atoms with van der Waals surface area (Å²) in [6, 6.07) is 9.30. The van der Waals surface area contributed by atoms with E-state index in [2.05, 4.69) is 9.88 Å². The van der Waals surface area contributed by atoms with Crippen LogP contribution in [0.4, 0.5) is 0 Å². The van der Waals surface area contributed by atoms with Crippen LogP contribution in [0.2, 0.25) is 0 Å². The molecule has 1 N–H and O–H groups in total. The topological polar surface area (TPSA) is 62.7 Å². The van der Waals surface area contributed by atoms with Crippen LogP contribution in [0.15, 0.2) is 42.7 Å². The van der Waals surface area contributed by atoms with Crippen molar-refractivity contribution in [2.45, 2.75) is 38.3 Å². The monoisotopic (exact) mass is 340 g/mol. The Hall–Kier alpha value is -2.40. The molecule has 132 valence electrons. The van der Waals surface area contributed by atoms with Gasteiger partial charge in [-0.3, -0.25) is 14.7 Å². The fourth-order valence-electron chi connectivity index (χ4n) is 3.68. The molecular weight excluding hydrogens is 316 g/mol. The van der Waals surface area contributed by atoms with Crippen LogP contribution in [-0.4, -0.2) is 40.7 Å². The van der Waals surface area contributed by atoms with Gasteiger partial charge in [0.05, 0.1) is 13.2 Å². The summed E-state index contributed by atoms with van der Waals surface area (Å²) in [4.78, 5) is 18.2. The molecule has 2 heterocycles. The van der Waals surface area contributed by atoms with E-state index < -0.39 is 12.0 Å². The SMILES string of the molecule is COc1cccc(C(c2ccncc2C)N2CCCCC2C(=O)O)c1. The number of pyridine rings is 1. The molecular formula is C20H24N2O3. The van der Waals surface area contributed by atoms with Crippen molar-refractivity contribution in [3.05, 3.63) is 59.4 Å². The van der Waals surface area contributed by atoms with E-state index in [1.807, 2.05) is 43.5 Å². The van der Waals surface area contributed by atoms with Gasteiger partial charge in [-0.2, -0.15) is 0 Å². The van der Waals surface area contributed by atoms with Crippen molar-refractivity contribution in [2.75, 3.05) is 13.7 Å². The molecule has 1 aliphatic rings. The third kappa shape index (κ3) is 3.66. The highest BCUT2D eigenvalue weighted by Gasteiger charge is 2.35. The van der Waals surface area contributed by atoms with E-state index in [0.717, 1.165) is 41.8 Å². The number of carboxylic acid groups (broad SMARTS) is 1. The molecule has 5 nitrogen and oxygen atoms in total. The summed E-state index contributed by atoms with van der Waals surface area (Å²) in [5, 5.41) is 9.74. The first-order valence-corrected chi connectivity index (χ1v) is 8.65. The molecule has 0 aliphatic carbocycles. The van der Waals surface area contributed by atoms with Crippen molar-refractivity contribution in [1.29, 1.82) is 0 Å². The zero-order valence-corrected chi connectivity index (χ0v) is 14.7. The Morgan fingerprint density at radius 3 is 2.92 bits per heavy atom. The molecule has 0 amide bonds. The molecule has 1 aliphatic heterocycles. The molecule has 2 unspecified atom stereocenters. The van der Waals surface area contributed by atoms with Gasteiger partial charge >= 0.3 is 5.97 Å². The first-order valence-electron chi connectivity index (χ1n) is 8.65. The molecule has 1 fully saturated rings. The standard InChI is InChI=1S/C20H24N2O3/c1-14-13-21-10-9-17(14)19(15-6-5-7-16(12-15)25-2)22-11-4-3-8-18(22)20(23)24/h5-7,9-10,12-13,18-19H,3-4,8,11H2,1-2H3,(H,23,24). The van der Waals surface area contributed by atoms with Crippen LogP contribution in [0.25, 0.3) is 0 Å². The second-order valence-corrected chi connectivity index (χ2v) is 6.50. The Bertz CT molecular complexity index is 747. The van der Waals surface area contributed by atoms with Crippen LogP contribution < -0.4 is 4.74 Å². The molecule has 0 spiro atoms. The molecule has 0 saturated carbocycles. The summed E-state index contributed by atoms with van der Waals surface area (Å²) in [5.74, 6) is 0.0254. The Labute approximate surface area is 148 Å². The highest BCUT2D eigenvalue weighted by molar-refractivity contribution is 5.73. The van der Waals surface area contributed by atoms with Crippen LogP contribution >= 0.6 is 0 Å². The number of aryl methyl sites for hydroxylation is 1. The number of benzene rings is 1. The zero-order chi connectivity index (χ0) is 17.8. The van der Waals surface area contributed by atoms with Gasteiger partial charge in [0.1, 0.15) is 11.8 Å². The Morgan fingerprint density at radius 1 is 1.36 bits per heavy atom. The molecule has 2 atom stereocenters. The smallest absolute Gasteiger partial charge is 0.320 e. The van der Waals surface area contributed by atoms with Gasteiger partial charge in [0.15, 0.2) is 0 Å². The maximum absolute atomic E-state index is 11.9. The van der Waals surface area contributed by atoms with Gasteiger partial charge in [-0.1, -0.05) is 18.6 Å². The largest absolute Gasteiger partial charge is 0.497 e. The lowest BCUT2D eigenvalue weighted by Gasteiger charge is -2.40. The Balaban J connectivity index is 2.11. The van der Waals surface area contributed by atoms with E-state index in [-0.39, 0.29) is 6.04 Å². The Kier molecular flexibility index (Phi) is 5.34. The highest BCUT2D eigenvalue weighted by atomic mass is 16.5. The predicted molar refractivity (Wildman–Crippen MR) is 95.8 cm³/mol. The second kappa shape index (κ2) is 7.66. The lowest BCUT2D eigenvalue weighted by molar-refractivity contribution is -0.145. The number of nitrogens with zero attached hydrogens (tertiary/aromatic N) is 2. The molecule has 5 heteroatoms. The van der Waals surface area contributed by atoms with Gasteiger partial charge in [0.2, 0.25) is 0 Å². The third-order valence-corrected chi connectivity index (χ3v) is 4.93. The molecule has 25 heavy (non-hydrogen) atoms. The van der Waals surface area contributed by atoms with Crippen molar-refractivity contribution in [3.8, 4) is 5.75 Å². The van der Waals surface area contributed by atoms with Crippen molar-refractivity contribution >= 4 is 5.97 Å². The summed E-state index contributed by atoms with van der Waals surface area (Å²) in [6.45, 7) is 2.79. The lowest BCUT2D eigenvalue weighted by atomic mass is 9.90. The van der Waals surface area contributed by atoms with E-state index in [1.165, 1.54) is 0 Å². The zero-order valence-electron chi connectivity index (χ0n) is 14.7. The van der Waals surface area contributed by atoms with E-state index in [1.54, 1.807) is 13.3 Å². The normalized spacial score (nSPS) is 19.4. The number of hydrogen-bond donors (Lipinski definition) is 1. The van der Waals surface area contributed by atoms with Crippen molar-refractivity contribution in [3.63, 3.8) is 0 Å². The van der Waals surface area contributed by atoms with Crippen molar-refractivity contribution in [2.24, 2.45) is 0 Å². The second-order valence-electron chi connectivity index (χ2n) is 6.50. The number of piperidine rings is 1. The Morgan fingerprint density at radius 2 is 2.20 bits per heavy atom. The maximum Gasteiger partial charge on any atom is 0.320 e. The number of methoxy groups -OCH3 is 1. The summed E-state index contributed by atoms with van der Waals surface area (Å²) in [7, 11) is 1.65. The number of likely N-dealkylation sites (tertiary alicyclic amines) is 1. The minimum Gasteiger partial charge on any atom is -0.497 e. The number of hydrogen-bond acceptors (Lipinski definition) is 4. The van der Waals surface area contributed by atoms with Gasteiger partial charge in [-0.05, 0) is 61.2 Å². The number of ether oxygens (including phenoxy) is 1. The van der Waals surface area contributed by atoms with Gasteiger partial charge in [-0.25, -0.2) is 0 Å². The maximum atomic E-state index is 11.9. The summed E-state index contributed by atoms with van der Waals surface area (Å²) in [6.07, 6.45) is 6.25. The van der Waals surface area contributed by atoms with Gasteiger partial charge < -0.3 is 9.84 Å². The highest BCUT2D eigenvalue weighted by Crippen LogP contribution is 2.36. The fourth-order valence-corrected chi connectivity index (χ4v) is 3.68. The third-order valence-electron chi connectivity index (χ3n) is 4.93. The van der Waals surface area contributed by atoms with Crippen LogP contribution in [0, 0.1) is 6.92 Å². The van der Waals surface area contributed by atoms with Crippen LogP contribution in [0.3, 0.4) is 0 Å². The van der Waals surface area contributed by atoms with E-state index in [9.17, 15) is 9.90 Å². The molecule has 1 saturated heterocycles. The molecule has 2 aromatic rings. The molecule has 0 bridgehead atoms. The molecule has 1 aromatic carbocycles. The molecule has 3 rings (SSSR count). The number of rotatable bonds is 5. The lowest BCUT2D eigenvalue weighted by Crippen LogP contribution is -2.47. The quantitative estimate of drug-likeness (QED) is 0.903. The van der Waals surface area contributed by atoms with Gasteiger partial charge in [0, 0.05) is 12.4 Å². The number of carboxylic acids is 1. The van der Waals surface area contributed by atoms with Crippen molar-refractivity contribution < 1.29 is 14.6 Å². The number of aliphatic carboxylic acids is 1. The predicted octanol–water partition coefficient (Wildman–Crippen LogP) is 3.43. The minimum atomic E-state index is -0.751. The van der Waals surface area contributed by atoms with E-state index in [0.29, 0.717) is 6.42 Å². The van der Waals surface area contributed by atoms with Crippen molar-refractivity contribution in [1.82, 2.24) is 9.88 Å². The number of carbonyl (C=O) groups is 1. The first kappa shape index (κ1) is 17.4. The first-order chi connectivity index (χ1) is 12.1. The van der Waals surface area contributed by atoms with Crippen LogP contribution in [0.1, 0.15) is 42.0 Å². The van der Waals surface area contributed by atoms with E-state index >= 15 is 0 Å². The minimum absolute atomic E-state index is 0.125. The molecule has 0 radical (unpaired) electrons. The number of aromatic nitrogens is 1. The molecule has 1 aromatic heterocycles. The fraction of sp³-hybridized carbons (Fsp3) is 0.400. The van der Waals surface area contributed by atoms with Crippen LogP contribution in [0.5, 0.6) is 5.75 Å². The summed E-state index contributed by atoms with van der Waals surface area (Å²) < 4.78 is 5.39. The average Bonchev–Trinajstić information content (AvgIpc) is 2.64. The van der Waals surface area contributed by atoms with Gasteiger partial charge in [0.25, 0.3) is 0 Å². The average molecular weight is 340 g/mol. The van der Waals surface area contributed by atoms with E-state index in [4.69, 9.17) is 4.74 Å². The summed E-state index contributed by atoms with van der Waals surface area (Å²) >= 11 is 0.